The summed E-state index contributed by atoms with van der Waals surface area (Å²) >= 11 is 5.50. The van der Waals surface area contributed by atoms with Gasteiger partial charge in [-0.05, 0) is 12.1 Å². The number of hydrogen-bond acceptors (Lipinski definition) is 2. The summed E-state index contributed by atoms with van der Waals surface area (Å²) < 4.78 is 0. The molecule has 0 aliphatic heterocycles. The van der Waals surface area contributed by atoms with Gasteiger partial charge in [0.1, 0.15) is 5.75 Å². The van der Waals surface area contributed by atoms with Crippen molar-refractivity contribution in [1.82, 2.24) is 0 Å². The normalized spacial score (nSPS) is 8.50. The van der Waals surface area contributed by atoms with Gasteiger partial charge in [-0.3, -0.25) is 0 Å². The molecule has 0 bridgehead atoms. The monoisotopic (exact) mass is 167 g/mol. The second kappa shape index (κ2) is 4.09. The van der Waals surface area contributed by atoms with E-state index in [4.69, 9.17) is 22.4 Å². The molecule has 0 atom stereocenters. The predicted molar refractivity (Wildman–Crippen MR) is 44.7 cm³/mol. The van der Waals surface area contributed by atoms with Crippen LogP contribution in [0.1, 0.15) is 0 Å². The van der Waals surface area contributed by atoms with Gasteiger partial charge in [0.25, 0.3) is 0 Å². The van der Waals surface area contributed by atoms with E-state index in [2.05, 4.69) is 0 Å². The number of anilines is 1. The Kier molecular flexibility index (Phi) is 4.13. The molecule has 0 saturated heterocycles. The fraction of sp³-hybridized carbons (Fsp3) is 0. The number of halogens is 1. The molecule has 0 unspecified atom stereocenters. The summed E-state index contributed by atoms with van der Waals surface area (Å²) in [4.78, 5) is 0. The average molecular weight is 168 g/mol. The zero-order valence-corrected chi connectivity index (χ0v) is 5.39. The number of rotatable bonds is 0. The van der Waals surface area contributed by atoms with Crippen LogP contribution in [0.25, 0.3) is 0 Å². The van der Waals surface area contributed by atoms with Crippen LogP contribution < -0.4 is 5.73 Å². The van der Waals surface area contributed by atoms with Crippen LogP contribution >= 0.6 is 11.6 Å². The first kappa shape index (κ1) is 10.1. The van der Waals surface area contributed by atoms with Crippen molar-refractivity contribution in [1.29, 1.82) is 0 Å². The van der Waals surface area contributed by atoms with E-state index in [0.717, 1.165) is 0 Å². The van der Waals surface area contributed by atoms with Gasteiger partial charge in [-0.15, -0.1) is 0 Å². The van der Waals surface area contributed by atoms with E-state index >= 15 is 0 Å². The summed E-state index contributed by atoms with van der Waals surface area (Å²) in [6.45, 7) is 0. The molecule has 0 fully saturated rings. The van der Waals surface area contributed by atoms with Gasteiger partial charge in [0.2, 0.25) is 0 Å². The Bertz CT molecular complexity index is 229. The van der Waals surface area contributed by atoms with Crippen LogP contribution in [0.3, 0.4) is 0 Å². The zero-order chi connectivity index (χ0) is 6.85. The first-order valence-electron chi connectivity index (χ1n) is 2.44. The van der Waals surface area contributed by atoms with E-state index in [9.17, 15) is 0 Å². The van der Waals surface area contributed by atoms with Gasteiger partial charge in [0.05, 0.1) is 5.69 Å². The molecule has 50 valence electrons. The topological polar surface area (TPSA) is 46.2 Å². The van der Waals surface area contributed by atoms with Gasteiger partial charge in [0, 0.05) is 11.1 Å². The van der Waals surface area contributed by atoms with E-state index in [1.165, 1.54) is 6.07 Å². The predicted octanol–water partition coefficient (Wildman–Crippen LogP) is 0.979. The third-order valence-electron chi connectivity index (χ3n) is 0.992. The van der Waals surface area contributed by atoms with Crippen LogP contribution in [0.2, 0.25) is 5.02 Å². The first-order valence-corrected chi connectivity index (χ1v) is 2.82. The molecule has 0 spiro atoms. The number of benzene rings is 1. The summed E-state index contributed by atoms with van der Waals surface area (Å²) in [7, 11) is 0. The maximum absolute atomic E-state index is 8.89. The molecule has 0 saturated carbocycles. The molecule has 3 N–H and O–H groups in total. The Morgan fingerprint density at radius 1 is 1.40 bits per heavy atom. The Morgan fingerprint density at radius 2 is 2.00 bits per heavy atom. The zero-order valence-electron chi connectivity index (χ0n) is 4.63. The third kappa shape index (κ3) is 2.39. The van der Waals surface area contributed by atoms with Crippen molar-refractivity contribution in [3.63, 3.8) is 0 Å². The van der Waals surface area contributed by atoms with E-state index in [1.807, 2.05) is 0 Å². The molecule has 1 aromatic rings. The minimum atomic E-state index is 0. The minimum absolute atomic E-state index is 0. The molecule has 0 aromatic heterocycles. The Balaban J connectivity index is 0.000000810. The van der Waals surface area contributed by atoms with Gasteiger partial charge in [-0.1, -0.05) is 11.6 Å². The molecular weight excluding hydrogens is 161 g/mol. The van der Waals surface area contributed by atoms with Crippen LogP contribution in [-0.4, -0.2) is 34.7 Å². The van der Waals surface area contributed by atoms with Crippen molar-refractivity contribution < 1.29 is 5.11 Å². The van der Waals surface area contributed by atoms with Crippen LogP contribution in [0.5, 0.6) is 5.75 Å². The van der Waals surface area contributed by atoms with Gasteiger partial charge in [0.15, 0.2) is 0 Å². The molecule has 0 amide bonds. The van der Waals surface area contributed by atoms with E-state index in [1.54, 1.807) is 12.1 Å². The fourth-order valence-electron chi connectivity index (χ4n) is 0.517. The van der Waals surface area contributed by atoms with Gasteiger partial charge in [-0.25, -0.2) is 0 Å². The van der Waals surface area contributed by atoms with E-state index < -0.39 is 0 Å². The molecule has 0 aliphatic rings. The van der Waals surface area contributed by atoms with Crippen molar-refractivity contribution in [3.8, 4) is 5.75 Å². The summed E-state index contributed by atoms with van der Waals surface area (Å²) in [6, 6.07) is 4.57. The number of nitrogen functional groups attached to an aromatic ring is 1. The van der Waals surface area contributed by atoms with Crippen LogP contribution in [0.15, 0.2) is 18.2 Å². The molecule has 4 heteroatoms. The van der Waals surface area contributed by atoms with Crippen molar-refractivity contribution >= 4 is 46.8 Å². The second-order valence-electron chi connectivity index (χ2n) is 1.70. The van der Waals surface area contributed by atoms with Crippen molar-refractivity contribution in [2.24, 2.45) is 0 Å². The van der Waals surface area contributed by atoms with Crippen molar-refractivity contribution in [2.75, 3.05) is 5.73 Å². The Hall–Kier alpha value is 0.110. The van der Waals surface area contributed by atoms with E-state index in [0.29, 0.717) is 10.7 Å². The number of nitrogens with two attached hydrogens (primary N) is 1. The molecule has 1 rings (SSSR count). The van der Waals surface area contributed by atoms with Gasteiger partial charge >= 0.3 is 29.6 Å². The average Bonchev–Trinajstić information content (AvgIpc) is 1.80. The molecule has 1 aromatic carbocycles. The molecule has 2 nitrogen and oxygen atoms in total. The van der Waals surface area contributed by atoms with Crippen LogP contribution in [0, 0.1) is 0 Å². The molecule has 0 radical (unpaired) electrons. The van der Waals surface area contributed by atoms with E-state index in [-0.39, 0.29) is 35.3 Å². The van der Waals surface area contributed by atoms with Crippen LogP contribution in [0.4, 0.5) is 5.69 Å². The van der Waals surface area contributed by atoms with Crippen LogP contribution in [-0.2, 0) is 0 Å². The number of hydrogen-bond donors (Lipinski definition) is 2. The second-order valence-corrected chi connectivity index (χ2v) is 2.14. The van der Waals surface area contributed by atoms with Gasteiger partial charge in [-0.2, -0.15) is 0 Å². The summed E-state index contributed by atoms with van der Waals surface area (Å²) in [5, 5.41) is 9.38. The summed E-state index contributed by atoms with van der Waals surface area (Å²) in [5.74, 6) is 0.0301. The number of aromatic hydroxyl groups is 1. The standard InChI is InChI=1S/C6H6ClNO.Na.H/c7-4-1-2-5(8)6(9)3-4;;/h1-3,9H,8H2;;. The molecular formula is C6H7ClNNaO. The number of phenols is 1. The SMILES string of the molecule is Nc1ccc(Cl)cc1O.[NaH]. The summed E-state index contributed by atoms with van der Waals surface area (Å²) in [6.07, 6.45) is 0. The fourth-order valence-corrected chi connectivity index (χ4v) is 0.683. The third-order valence-corrected chi connectivity index (χ3v) is 1.23. The molecule has 0 heterocycles. The van der Waals surface area contributed by atoms with Crippen molar-refractivity contribution in [2.45, 2.75) is 0 Å². The summed E-state index contributed by atoms with van der Waals surface area (Å²) in [5.41, 5.74) is 5.63. The Morgan fingerprint density at radius 3 is 2.40 bits per heavy atom. The van der Waals surface area contributed by atoms with Gasteiger partial charge < -0.3 is 10.8 Å². The first-order chi connectivity index (χ1) is 4.20. The maximum atomic E-state index is 8.89. The quantitative estimate of drug-likeness (QED) is 0.344. The Labute approximate surface area is 86.3 Å². The number of phenolic OH excluding ortho intramolecular Hbond substituents is 1. The molecule has 10 heavy (non-hydrogen) atoms. The van der Waals surface area contributed by atoms with Crippen molar-refractivity contribution in [3.05, 3.63) is 23.2 Å². The molecule has 0 aliphatic carbocycles.